The van der Waals surface area contributed by atoms with Crippen molar-refractivity contribution in [2.75, 3.05) is 13.1 Å². The van der Waals surface area contributed by atoms with Gasteiger partial charge in [-0.2, -0.15) is 17.6 Å². The molecule has 1 N–H and O–H groups in total. The van der Waals surface area contributed by atoms with E-state index in [0.29, 0.717) is 19.5 Å². The zero-order valence-corrected chi connectivity index (χ0v) is 8.31. The first kappa shape index (κ1) is 11.3. The number of rotatable bonds is 1. The molecule has 2 rings (SSSR count). The summed E-state index contributed by atoms with van der Waals surface area (Å²) >= 11 is 0. The predicted octanol–water partition coefficient (Wildman–Crippen LogP) is 2.32. The Morgan fingerprint density at radius 1 is 1.38 bits per heavy atom. The van der Waals surface area contributed by atoms with Crippen molar-refractivity contribution in [1.82, 2.24) is 10.3 Å². The van der Waals surface area contributed by atoms with Crippen molar-refractivity contribution in [2.24, 2.45) is 0 Å². The summed E-state index contributed by atoms with van der Waals surface area (Å²) in [5.41, 5.74) is -1.21. The molecule has 1 aliphatic rings. The summed E-state index contributed by atoms with van der Waals surface area (Å²) in [5.74, 6) is -1.45. The molecule has 0 bridgehead atoms. The molecule has 0 amide bonds. The van der Waals surface area contributed by atoms with E-state index in [4.69, 9.17) is 0 Å². The maximum Gasteiger partial charge on any atom is 0.416 e. The minimum Gasteiger partial charge on any atom is -0.316 e. The van der Waals surface area contributed by atoms with Crippen LogP contribution in [0.15, 0.2) is 12.3 Å². The molecule has 0 spiro atoms. The summed E-state index contributed by atoms with van der Waals surface area (Å²) < 4.78 is 51.4. The number of nitrogens with one attached hydrogen (secondary N) is 1. The third kappa shape index (κ3) is 2.02. The van der Waals surface area contributed by atoms with E-state index < -0.39 is 23.6 Å². The van der Waals surface area contributed by atoms with Gasteiger partial charge in [-0.3, -0.25) is 0 Å². The Kier molecular flexibility index (Phi) is 2.84. The predicted molar refractivity (Wildman–Crippen MR) is 49.4 cm³/mol. The van der Waals surface area contributed by atoms with Gasteiger partial charge < -0.3 is 5.32 Å². The molecular formula is C10H10F4N2. The molecule has 1 aliphatic heterocycles. The van der Waals surface area contributed by atoms with Gasteiger partial charge in [-0.05, 0) is 19.0 Å². The third-order valence-corrected chi connectivity index (χ3v) is 2.72. The van der Waals surface area contributed by atoms with E-state index in [0.717, 1.165) is 12.3 Å². The van der Waals surface area contributed by atoms with Gasteiger partial charge >= 0.3 is 6.18 Å². The van der Waals surface area contributed by atoms with Crippen LogP contribution >= 0.6 is 0 Å². The van der Waals surface area contributed by atoms with Crippen molar-refractivity contribution < 1.29 is 17.6 Å². The molecule has 0 aliphatic carbocycles. The maximum atomic E-state index is 13.4. The number of nitrogens with zero attached hydrogens (tertiary/aromatic N) is 1. The van der Waals surface area contributed by atoms with Crippen LogP contribution in [0.5, 0.6) is 0 Å². The standard InChI is InChI=1S/C10H10F4N2/c11-9-8(6-1-3-15-5-6)7(2-4-16-9)10(12,13)14/h2,4,6,15H,1,3,5H2. The molecule has 0 aromatic carbocycles. The van der Waals surface area contributed by atoms with Crippen LogP contribution in [-0.2, 0) is 6.18 Å². The quantitative estimate of drug-likeness (QED) is 0.595. The van der Waals surface area contributed by atoms with E-state index >= 15 is 0 Å². The van der Waals surface area contributed by atoms with Crippen molar-refractivity contribution in [3.05, 3.63) is 29.3 Å². The first-order valence-electron chi connectivity index (χ1n) is 4.92. The summed E-state index contributed by atoms with van der Waals surface area (Å²) in [5, 5.41) is 2.91. The largest absolute Gasteiger partial charge is 0.416 e. The van der Waals surface area contributed by atoms with Gasteiger partial charge in [0.2, 0.25) is 5.95 Å². The van der Waals surface area contributed by atoms with Crippen LogP contribution in [0.25, 0.3) is 0 Å². The third-order valence-electron chi connectivity index (χ3n) is 2.72. The maximum absolute atomic E-state index is 13.4. The van der Waals surface area contributed by atoms with Crippen molar-refractivity contribution in [1.29, 1.82) is 0 Å². The van der Waals surface area contributed by atoms with Crippen molar-refractivity contribution >= 4 is 0 Å². The van der Waals surface area contributed by atoms with Crippen LogP contribution in [0, 0.1) is 5.95 Å². The van der Waals surface area contributed by atoms with E-state index in [1.54, 1.807) is 0 Å². The molecule has 1 atom stereocenters. The van der Waals surface area contributed by atoms with E-state index in [9.17, 15) is 17.6 Å². The van der Waals surface area contributed by atoms with Gasteiger partial charge in [0.15, 0.2) is 0 Å². The van der Waals surface area contributed by atoms with Gasteiger partial charge in [-0.1, -0.05) is 0 Å². The first-order valence-corrected chi connectivity index (χ1v) is 4.92. The number of halogens is 4. The SMILES string of the molecule is Fc1nccc(C(F)(F)F)c1C1CCNC1. The fraction of sp³-hybridized carbons (Fsp3) is 0.500. The molecule has 1 unspecified atom stereocenters. The summed E-state index contributed by atoms with van der Waals surface area (Å²) in [6, 6.07) is 0.830. The molecule has 1 saturated heterocycles. The molecule has 88 valence electrons. The lowest BCUT2D eigenvalue weighted by atomic mass is 9.95. The first-order chi connectivity index (χ1) is 7.50. The van der Waals surface area contributed by atoms with Gasteiger partial charge in [-0.25, -0.2) is 4.98 Å². The van der Waals surface area contributed by atoms with Crippen molar-refractivity contribution in [2.45, 2.75) is 18.5 Å². The highest BCUT2D eigenvalue weighted by Crippen LogP contribution is 2.37. The Morgan fingerprint density at radius 3 is 2.69 bits per heavy atom. The lowest BCUT2D eigenvalue weighted by Crippen LogP contribution is -2.16. The van der Waals surface area contributed by atoms with Crippen LogP contribution in [-0.4, -0.2) is 18.1 Å². The summed E-state index contributed by atoms with van der Waals surface area (Å²) in [4.78, 5) is 3.30. The molecular weight excluding hydrogens is 224 g/mol. The summed E-state index contributed by atoms with van der Waals surface area (Å²) in [6.45, 7) is 0.974. The zero-order valence-electron chi connectivity index (χ0n) is 8.31. The summed E-state index contributed by atoms with van der Waals surface area (Å²) in [7, 11) is 0. The van der Waals surface area contributed by atoms with Gasteiger partial charge in [0.05, 0.1) is 5.56 Å². The Hall–Kier alpha value is -1.17. The number of pyridine rings is 1. The fourth-order valence-corrected chi connectivity index (χ4v) is 1.98. The van der Waals surface area contributed by atoms with E-state index in [1.807, 2.05) is 0 Å². The topological polar surface area (TPSA) is 24.9 Å². The normalized spacial score (nSPS) is 21.4. The number of hydrogen-bond acceptors (Lipinski definition) is 2. The number of alkyl halides is 3. The average molecular weight is 234 g/mol. The molecule has 1 fully saturated rings. The Morgan fingerprint density at radius 2 is 2.12 bits per heavy atom. The van der Waals surface area contributed by atoms with E-state index in [-0.39, 0.29) is 5.56 Å². The summed E-state index contributed by atoms with van der Waals surface area (Å²) in [6.07, 6.45) is -3.17. The monoisotopic (exact) mass is 234 g/mol. The second kappa shape index (κ2) is 4.01. The molecule has 0 radical (unpaired) electrons. The van der Waals surface area contributed by atoms with Gasteiger partial charge in [0, 0.05) is 24.2 Å². The van der Waals surface area contributed by atoms with Gasteiger partial charge in [-0.15, -0.1) is 0 Å². The minimum atomic E-state index is -4.53. The Labute approximate surface area is 89.7 Å². The lowest BCUT2D eigenvalue weighted by Gasteiger charge is -2.16. The molecule has 6 heteroatoms. The zero-order chi connectivity index (χ0) is 11.8. The molecule has 1 aromatic rings. The van der Waals surface area contributed by atoms with Crippen LogP contribution in [0.3, 0.4) is 0 Å². The second-order valence-electron chi connectivity index (χ2n) is 3.75. The smallest absolute Gasteiger partial charge is 0.316 e. The van der Waals surface area contributed by atoms with Crippen LogP contribution in [0.2, 0.25) is 0 Å². The van der Waals surface area contributed by atoms with E-state index in [2.05, 4.69) is 10.3 Å². The minimum absolute atomic E-state index is 0.306. The highest BCUT2D eigenvalue weighted by molar-refractivity contribution is 5.31. The number of aromatic nitrogens is 1. The molecule has 16 heavy (non-hydrogen) atoms. The van der Waals surface area contributed by atoms with Crippen molar-refractivity contribution in [3.8, 4) is 0 Å². The molecule has 1 aromatic heterocycles. The Balaban J connectivity index is 2.48. The highest BCUT2D eigenvalue weighted by Gasteiger charge is 2.37. The Bertz CT molecular complexity index is 383. The highest BCUT2D eigenvalue weighted by atomic mass is 19.4. The lowest BCUT2D eigenvalue weighted by molar-refractivity contribution is -0.138. The van der Waals surface area contributed by atoms with E-state index in [1.165, 1.54) is 0 Å². The van der Waals surface area contributed by atoms with Crippen molar-refractivity contribution in [3.63, 3.8) is 0 Å². The molecule has 2 nitrogen and oxygen atoms in total. The molecule has 0 saturated carbocycles. The van der Waals surface area contributed by atoms with Crippen LogP contribution in [0.4, 0.5) is 17.6 Å². The fourth-order valence-electron chi connectivity index (χ4n) is 1.98. The van der Waals surface area contributed by atoms with Gasteiger partial charge in [0.25, 0.3) is 0 Å². The number of hydrogen-bond donors (Lipinski definition) is 1. The van der Waals surface area contributed by atoms with Crippen LogP contribution in [0.1, 0.15) is 23.5 Å². The second-order valence-corrected chi connectivity index (χ2v) is 3.75. The van der Waals surface area contributed by atoms with Crippen LogP contribution < -0.4 is 5.32 Å². The average Bonchev–Trinajstić information content (AvgIpc) is 2.68. The van der Waals surface area contributed by atoms with Gasteiger partial charge in [0.1, 0.15) is 0 Å². The molecule has 2 heterocycles.